The minimum atomic E-state index is -0.210. The molecule has 0 radical (unpaired) electrons. The summed E-state index contributed by atoms with van der Waals surface area (Å²) in [5.41, 5.74) is 2.09. The van der Waals surface area contributed by atoms with Crippen LogP contribution in [0, 0.1) is 20.8 Å². The molecule has 1 N–H and O–H groups in total. The Morgan fingerprint density at radius 1 is 1.10 bits per heavy atom. The second kappa shape index (κ2) is 8.58. The molecule has 4 aromatic heterocycles. The first kappa shape index (κ1) is 20.6. The van der Waals surface area contributed by atoms with E-state index in [2.05, 4.69) is 20.4 Å². The molecule has 0 saturated heterocycles. The molecule has 0 atom stereocenters. The molecular weight excluding hydrogens is 438 g/mol. The molecule has 0 aromatic carbocycles. The van der Waals surface area contributed by atoms with Crippen LogP contribution in [0.15, 0.2) is 34.4 Å². The zero-order valence-corrected chi connectivity index (χ0v) is 19.1. The van der Waals surface area contributed by atoms with Crippen molar-refractivity contribution in [3.63, 3.8) is 0 Å². The van der Waals surface area contributed by atoms with Crippen molar-refractivity contribution in [1.29, 1.82) is 0 Å². The van der Waals surface area contributed by atoms with Crippen LogP contribution in [0.25, 0.3) is 20.5 Å². The van der Waals surface area contributed by atoms with E-state index in [0.717, 1.165) is 31.2 Å². The van der Waals surface area contributed by atoms with Crippen LogP contribution in [-0.2, 0) is 6.54 Å². The summed E-state index contributed by atoms with van der Waals surface area (Å²) in [6.07, 6.45) is 0. The molecule has 0 aliphatic heterocycles. The van der Waals surface area contributed by atoms with Crippen LogP contribution in [0.3, 0.4) is 0 Å². The van der Waals surface area contributed by atoms with Gasteiger partial charge < -0.3 is 5.32 Å². The highest BCUT2D eigenvalue weighted by Gasteiger charge is 2.15. The van der Waals surface area contributed by atoms with Crippen molar-refractivity contribution in [3.05, 3.63) is 61.3 Å². The van der Waals surface area contributed by atoms with Gasteiger partial charge in [-0.15, -0.1) is 34.0 Å². The molecule has 4 rings (SSSR count). The van der Waals surface area contributed by atoms with Crippen molar-refractivity contribution in [3.8, 4) is 20.5 Å². The maximum absolute atomic E-state index is 12.3. The quantitative estimate of drug-likeness (QED) is 0.474. The number of amides is 1. The van der Waals surface area contributed by atoms with E-state index in [1.807, 2.05) is 38.3 Å². The lowest BCUT2D eigenvalue weighted by Crippen LogP contribution is -2.31. The summed E-state index contributed by atoms with van der Waals surface area (Å²) in [6, 6.07) is 7.26. The molecule has 0 unspecified atom stereocenters. The Kier molecular flexibility index (Phi) is 5.89. The van der Waals surface area contributed by atoms with Crippen molar-refractivity contribution >= 4 is 39.9 Å². The molecule has 7 nitrogen and oxygen atoms in total. The molecule has 154 valence electrons. The van der Waals surface area contributed by atoms with E-state index < -0.39 is 0 Å². The van der Waals surface area contributed by atoms with Gasteiger partial charge >= 0.3 is 0 Å². The molecule has 0 aliphatic carbocycles. The largest absolute Gasteiger partial charge is 0.349 e. The summed E-state index contributed by atoms with van der Waals surface area (Å²) >= 11 is 4.56. The fraction of sp³-hybridized carbons (Fsp3) is 0.250. The Hall–Kier alpha value is -2.69. The number of carbonyl (C=O) groups excluding carboxylic acids is 1. The second-order valence-corrected chi connectivity index (χ2v) is 9.74. The van der Waals surface area contributed by atoms with E-state index in [-0.39, 0.29) is 18.0 Å². The first-order chi connectivity index (χ1) is 14.4. The van der Waals surface area contributed by atoms with Gasteiger partial charge in [-0.1, -0.05) is 6.07 Å². The van der Waals surface area contributed by atoms with E-state index in [4.69, 9.17) is 0 Å². The summed E-state index contributed by atoms with van der Waals surface area (Å²) < 4.78 is 1.38. The van der Waals surface area contributed by atoms with Crippen molar-refractivity contribution in [2.24, 2.45) is 0 Å². The standard InChI is InChI=1S/C20H19N5O2S3/c1-11-17(30-20(23-11)15-5-4-10-28-15)14-6-7-16(26)25(24-14)9-8-21-19(27)18-12(2)22-13(3)29-18/h4-7,10H,8-9H2,1-3H3,(H,21,27). The van der Waals surface area contributed by atoms with Gasteiger partial charge in [-0.2, -0.15) is 5.10 Å². The Balaban J connectivity index is 1.49. The number of hydrogen-bond donors (Lipinski definition) is 1. The molecule has 0 bridgehead atoms. The van der Waals surface area contributed by atoms with Crippen LogP contribution >= 0.6 is 34.0 Å². The average molecular weight is 458 g/mol. The van der Waals surface area contributed by atoms with Gasteiger partial charge in [0.1, 0.15) is 15.6 Å². The lowest BCUT2D eigenvalue weighted by atomic mass is 10.3. The SMILES string of the molecule is Cc1nc(C)c(C(=O)NCCn2nc(-c3sc(-c4cccs4)nc3C)ccc2=O)s1. The second-order valence-electron chi connectivity index (χ2n) is 6.59. The van der Waals surface area contributed by atoms with Crippen LogP contribution in [0.4, 0.5) is 0 Å². The van der Waals surface area contributed by atoms with E-state index in [0.29, 0.717) is 17.1 Å². The summed E-state index contributed by atoms with van der Waals surface area (Å²) in [6.45, 7) is 6.21. The Morgan fingerprint density at radius 3 is 2.63 bits per heavy atom. The van der Waals surface area contributed by atoms with Gasteiger partial charge in [0.15, 0.2) is 0 Å². The smallest absolute Gasteiger partial charge is 0.266 e. The Labute approximate surface area is 185 Å². The van der Waals surface area contributed by atoms with Gasteiger partial charge in [0.2, 0.25) is 0 Å². The van der Waals surface area contributed by atoms with Gasteiger partial charge in [0.05, 0.1) is 32.7 Å². The van der Waals surface area contributed by atoms with E-state index in [1.165, 1.54) is 22.1 Å². The van der Waals surface area contributed by atoms with Gasteiger partial charge in [-0.3, -0.25) is 9.59 Å². The van der Waals surface area contributed by atoms with Crippen molar-refractivity contribution in [2.45, 2.75) is 27.3 Å². The third-order valence-electron chi connectivity index (χ3n) is 4.35. The highest BCUT2D eigenvalue weighted by atomic mass is 32.1. The molecular formula is C20H19N5O2S3. The summed E-state index contributed by atoms with van der Waals surface area (Å²) in [5.74, 6) is -0.179. The third-order valence-corrected chi connectivity index (χ3v) is 7.64. The minimum absolute atomic E-state index is 0.179. The maximum atomic E-state index is 12.3. The van der Waals surface area contributed by atoms with Crippen LogP contribution in [-0.4, -0.2) is 32.2 Å². The zero-order valence-electron chi connectivity index (χ0n) is 16.6. The molecule has 4 heterocycles. The van der Waals surface area contributed by atoms with Gasteiger partial charge in [-0.05, 0) is 38.3 Å². The van der Waals surface area contributed by atoms with Crippen LogP contribution in [0.2, 0.25) is 0 Å². The van der Waals surface area contributed by atoms with Crippen LogP contribution in [0.5, 0.6) is 0 Å². The average Bonchev–Trinajstić information content (AvgIpc) is 3.43. The minimum Gasteiger partial charge on any atom is -0.349 e. The summed E-state index contributed by atoms with van der Waals surface area (Å²) in [4.78, 5) is 36.2. The molecule has 10 heteroatoms. The molecule has 0 saturated carbocycles. The number of thiazole rings is 2. The van der Waals surface area contributed by atoms with Crippen LogP contribution in [0.1, 0.15) is 26.1 Å². The number of rotatable bonds is 6. The third kappa shape index (κ3) is 4.25. The number of nitrogens with zero attached hydrogens (tertiary/aromatic N) is 4. The first-order valence-corrected chi connectivity index (χ1v) is 11.8. The lowest BCUT2D eigenvalue weighted by molar-refractivity contribution is 0.0955. The Bertz CT molecular complexity index is 1250. The monoisotopic (exact) mass is 457 g/mol. The fourth-order valence-electron chi connectivity index (χ4n) is 2.97. The first-order valence-electron chi connectivity index (χ1n) is 9.24. The molecule has 30 heavy (non-hydrogen) atoms. The number of aromatic nitrogens is 4. The number of nitrogens with one attached hydrogen (secondary N) is 1. The summed E-state index contributed by atoms with van der Waals surface area (Å²) in [5, 5.41) is 11.2. The predicted molar refractivity (Wildman–Crippen MR) is 122 cm³/mol. The van der Waals surface area contributed by atoms with Gasteiger partial charge in [0, 0.05) is 12.6 Å². The Morgan fingerprint density at radius 2 is 1.93 bits per heavy atom. The fourth-order valence-corrected chi connectivity index (χ4v) is 5.63. The summed E-state index contributed by atoms with van der Waals surface area (Å²) in [7, 11) is 0. The van der Waals surface area contributed by atoms with Crippen molar-refractivity contribution in [2.75, 3.05) is 6.54 Å². The zero-order chi connectivity index (χ0) is 21.3. The molecule has 4 aromatic rings. The van der Waals surface area contributed by atoms with Gasteiger partial charge in [-0.25, -0.2) is 14.6 Å². The van der Waals surface area contributed by atoms with Crippen molar-refractivity contribution < 1.29 is 4.79 Å². The molecule has 0 fully saturated rings. The number of thiophene rings is 1. The normalized spacial score (nSPS) is 11.0. The topological polar surface area (TPSA) is 89.8 Å². The van der Waals surface area contributed by atoms with E-state index in [1.54, 1.807) is 28.7 Å². The highest BCUT2D eigenvalue weighted by Crippen LogP contribution is 2.35. The molecule has 0 spiro atoms. The highest BCUT2D eigenvalue weighted by molar-refractivity contribution is 7.23. The van der Waals surface area contributed by atoms with Crippen molar-refractivity contribution in [1.82, 2.24) is 25.1 Å². The molecule has 1 amide bonds. The van der Waals surface area contributed by atoms with E-state index in [9.17, 15) is 9.59 Å². The van der Waals surface area contributed by atoms with Crippen LogP contribution < -0.4 is 10.9 Å². The number of carbonyl (C=O) groups is 1. The number of aryl methyl sites for hydroxylation is 3. The van der Waals surface area contributed by atoms with Gasteiger partial charge in [0.25, 0.3) is 11.5 Å². The maximum Gasteiger partial charge on any atom is 0.266 e. The molecule has 0 aliphatic rings. The number of hydrogen-bond acceptors (Lipinski definition) is 8. The predicted octanol–water partition coefficient (Wildman–Crippen LogP) is 3.91. The van der Waals surface area contributed by atoms with E-state index >= 15 is 0 Å². The lowest BCUT2D eigenvalue weighted by Gasteiger charge is -2.08.